The molecule has 1 aliphatic rings. The van der Waals surface area contributed by atoms with Crippen molar-refractivity contribution < 1.29 is 9.53 Å². The predicted octanol–water partition coefficient (Wildman–Crippen LogP) is 2.11. The van der Waals surface area contributed by atoms with Gasteiger partial charge in [-0.3, -0.25) is 4.79 Å². The molecule has 1 heterocycles. The minimum absolute atomic E-state index is 0.0506. The molecule has 0 N–H and O–H groups in total. The van der Waals surface area contributed by atoms with Crippen LogP contribution in [0.15, 0.2) is 6.07 Å². The molecule has 0 bridgehead atoms. The number of hydrogen-bond donors (Lipinski definition) is 0. The minimum Gasteiger partial charge on any atom is -0.466 e. The highest BCUT2D eigenvalue weighted by molar-refractivity contribution is 6.29. The molecule has 1 aliphatic carbocycles. The van der Waals surface area contributed by atoms with Gasteiger partial charge in [-0.05, 0) is 26.3 Å². The molecule has 16 heavy (non-hydrogen) atoms. The summed E-state index contributed by atoms with van der Waals surface area (Å²) in [7, 11) is 0. The average Bonchev–Trinajstić information content (AvgIpc) is 2.95. The quantitative estimate of drug-likeness (QED) is 0.600. The number of aromatic nitrogens is 2. The van der Waals surface area contributed by atoms with E-state index < -0.39 is 0 Å². The summed E-state index contributed by atoms with van der Waals surface area (Å²) in [6.45, 7) is 4.02. The third-order valence-electron chi connectivity index (χ3n) is 2.59. The van der Waals surface area contributed by atoms with Crippen LogP contribution >= 0.6 is 11.6 Å². The summed E-state index contributed by atoms with van der Waals surface area (Å²) in [6.07, 6.45) is 0.797. The largest absolute Gasteiger partial charge is 0.466 e. The monoisotopic (exact) mass is 240 g/mol. The zero-order valence-electron chi connectivity index (χ0n) is 9.24. The topological polar surface area (TPSA) is 52.1 Å². The maximum Gasteiger partial charge on any atom is 0.309 e. The average molecular weight is 241 g/mol. The Balaban J connectivity index is 2.08. The lowest BCUT2D eigenvalue weighted by Crippen LogP contribution is -2.07. The molecule has 1 fully saturated rings. The van der Waals surface area contributed by atoms with Crippen LogP contribution in [0.25, 0.3) is 0 Å². The summed E-state index contributed by atoms with van der Waals surface area (Å²) in [6, 6.07) is 1.72. The molecule has 1 aromatic heterocycles. The molecule has 4 nitrogen and oxygen atoms in total. The molecule has 0 spiro atoms. The normalized spacial score (nSPS) is 22.9. The van der Waals surface area contributed by atoms with Gasteiger partial charge in [0.1, 0.15) is 11.0 Å². The molecule has 0 amide bonds. The second-order valence-corrected chi connectivity index (χ2v) is 4.25. The first kappa shape index (κ1) is 11.3. The third-order valence-corrected chi connectivity index (χ3v) is 2.78. The van der Waals surface area contributed by atoms with Crippen LogP contribution in [0.5, 0.6) is 0 Å². The Morgan fingerprint density at radius 2 is 2.38 bits per heavy atom. The van der Waals surface area contributed by atoms with Crippen LogP contribution < -0.4 is 0 Å². The van der Waals surface area contributed by atoms with Crippen molar-refractivity contribution in [2.45, 2.75) is 26.2 Å². The zero-order valence-corrected chi connectivity index (χ0v) is 9.99. The highest BCUT2D eigenvalue weighted by Crippen LogP contribution is 2.47. The lowest BCUT2D eigenvalue weighted by molar-refractivity contribution is -0.144. The van der Waals surface area contributed by atoms with Crippen LogP contribution in [0.2, 0.25) is 5.15 Å². The summed E-state index contributed by atoms with van der Waals surface area (Å²) in [5.74, 6) is 0.598. The fourth-order valence-electron chi connectivity index (χ4n) is 1.77. The van der Waals surface area contributed by atoms with Gasteiger partial charge < -0.3 is 4.74 Å². The number of rotatable bonds is 3. The van der Waals surface area contributed by atoms with E-state index in [1.807, 2.05) is 0 Å². The van der Waals surface area contributed by atoms with Crippen LogP contribution in [0, 0.1) is 12.8 Å². The Bertz CT molecular complexity index is 402. The Hall–Kier alpha value is -1.16. The molecule has 2 rings (SSSR count). The van der Waals surface area contributed by atoms with E-state index in [0.29, 0.717) is 17.6 Å². The van der Waals surface area contributed by atoms with Crippen LogP contribution in [0.4, 0.5) is 0 Å². The number of nitrogens with zero attached hydrogens (tertiary/aromatic N) is 2. The summed E-state index contributed by atoms with van der Waals surface area (Å²) in [5.41, 5.74) is 0.843. The number of halogens is 1. The van der Waals surface area contributed by atoms with Crippen LogP contribution in [0.1, 0.15) is 30.8 Å². The second-order valence-electron chi connectivity index (χ2n) is 3.86. The summed E-state index contributed by atoms with van der Waals surface area (Å²) in [5, 5.41) is 0.428. The van der Waals surface area contributed by atoms with Crippen molar-refractivity contribution in [2.24, 2.45) is 5.92 Å². The van der Waals surface area contributed by atoms with Gasteiger partial charge in [0.2, 0.25) is 0 Å². The molecule has 0 aliphatic heterocycles. The van der Waals surface area contributed by atoms with Gasteiger partial charge in [-0.25, -0.2) is 9.97 Å². The van der Waals surface area contributed by atoms with Gasteiger partial charge in [-0.1, -0.05) is 11.6 Å². The molecular weight excluding hydrogens is 228 g/mol. The zero-order chi connectivity index (χ0) is 11.7. The number of carbonyl (C=O) groups is 1. The molecule has 5 heteroatoms. The fourth-order valence-corrected chi connectivity index (χ4v) is 2.01. The van der Waals surface area contributed by atoms with Crippen LogP contribution in [-0.4, -0.2) is 22.5 Å². The van der Waals surface area contributed by atoms with Gasteiger partial charge in [-0.2, -0.15) is 0 Å². The molecule has 0 saturated heterocycles. The fraction of sp³-hybridized carbons (Fsp3) is 0.545. The molecule has 1 aromatic rings. The lowest BCUT2D eigenvalue weighted by atomic mass is 10.2. The molecule has 0 radical (unpaired) electrons. The Morgan fingerprint density at radius 3 is 3.00 bits per heavy atom. The van der Waals surface area contributed by atoms with Crippen molar-refractivity contribution in [2.75, 3.05) is 6.61 Å². The van der Waals surface area contributed by atoms with Crippen molar-refractivity contribution in [3.05, 3.63) is 22.7 Å². The minimum atomic E-state index is -0.139. The smallest absolute Gasteiger partial charge is 0.309 e. The number of carbonyl (C=O) groups excluding carboxylic acids is 1. The molecule has 2 atom stereocenters. The van der Waals surface area contributed by atoms with Crippen molar-refractivity contribution >= 4 is 17.6 Å². The van der Waals surface area contributed by atoms with E-state index >= 15 is 0 Å². The van der Waals surface area contributed by atoms with Gasteiger partial charge in [0.05, 0.1) is 12.5 Å². The van der Waals surface area contributed by atoms with Gasteiger partial charge in [0.25, 0.3) is 0 Å². The molecule has 2 unspecified atom stereocenters. The molecule has 1 saturated carbocycles. The predicted molar refractivity (Wildman–Crippen MR) is 59.3 cm³/mol. The Labute approximate surface area is 99.0 Å². The van der Waals surface area contributed by atoms with E-state index in [0.717, 1.165) is 12.1 Å². The highest BCUT2D eigenvalue weighted by atomic mass is 35.5. The number of esters is 1. The van der Waals surface area contributed by atoms with Crippen LogP contribution in [0.3, 0.4) is 0 Å². The first-order valence-electron chi connectivity index (χ1n) is 5.29. The van der Waals surface area contributed by atoms with Gasteiger partial charge >= 0.3 is 5.97 Å². The standard InChI is InChI=1S/C11H13ClN2O2/c1-3-16-11(15)8-4-7(8)9-5-10(12)14-6(2)13-9/h5,7-8H,3-4H2,1-2H3. The van der Waals surface area contributed by atoms with E-state index in [4.69, 9.17) is 16.3 Å². The first-order valence-corrected chi connectivity index (χ1v) is 5.67. The SMILES string of the molecule is CCOC(=O)C1CC1c1cc(Cl)nc(C)n1. The summed E-state index contributed by atoms with van der Waals surface area (Å²) < 4.78 is 4.96. The van der Waals surface area contributed by atoms with E-state index in [2.05, 4.69) is 9.97 Å². The molecular formula is C11H13ClN2O2. The molecule has 0 aromatic carbocycles. The van der Waals surface area contributed by atoms with E-state index in [-0.39, 0.29) is 17.8 Å². The first-order chi connectivity index (χ1) is 7.61. The maximum atomic E-state index is 11.5. The highest BCUT2D eigenvalue weighted by Gasteiger charge is 2.46. The number of ether oxygens (including phenoxy) is 1. The summed E-state index contributed by atoms with van der Waals surface area (Å²) >= 11 is 5.84. The number of hydrogen-bond acceptors (Lipinski definition) is 4. The Morgan fingerprint density at radius 1 is 1.62 bits per heavy atom. The summed E-state index contributed by atoms with van der Waals surface area (Å²) in [4.78, 5) is 19.7. The van der Waals surface area contributed by atoms with Crippen molar-refractivity contribution in [3.8, 4) is 0 Å². The lowest BCUT2D eigenvalue weighted by Gasteiger charge is -2.02. The maximum absolute atomic E-state index is 11.5. The third kappa shape index (κ3) is 2.32. The Kier molecular flexibility index (Phi) is 3.10. The van der Waals surface area contributed by atoms with Crippen molar-refractivity contribution in [3.63, 3.8) is 0 Å². The van der Waals surface area contributed by atoms with Gasteiger partial charge in [0, 0.05) is 11.6 Å². The van der Waals surface area contributed by atoms with Crippen molar-refractivity contribution in [1.29, 1.82) is 0 Å². The number of aryl methyl sites for hydroxylation is 1. The second kappa shape index (κ2) is 4.37. The van der Waals surface area contributed by atoms with E-state index in [1.54, 1.807) is 19.9 Å². The van der Waals surface area contributed by atoms with Gasteiger partial charge in [0.15, 0.2) is 0 Å². The van der Waals surface area contributed by atoms with E-state index in [9.17, 15) is 4.79 Å². The van der Waals surface area contributed by atoms with Crippen LogP contribution in [-0.2, 0) is 9.53 Å². The van der Waals surface area contributed by atoms with E-state index in [1.165, 1.54) is 0 Å². The van der Waals surface area contributed by atoms with Crippen molar-refractivity contribution in [1.82, 2.24) is 9.97 Å². The van der Waals surface area contributed by atoms with Gasteiger partial charge in [-0.15, -0.1) is 0 Å². The molecule has 86 valence electrons.